The maximum Gasteiger partial charge on any atom is 0.323 e. The molecule has 1 N–H and O–H groups in total. The summed E-state index contributed by atoms with van der Waals surface area (Å²) in [5.41, 5.74) is 2.97. The van der Waals surface area contributed by atoms with Crippen LogP contribution in [0.1, 0.15) is 25.0 Å². The largest absolute Gasteiger partial charge is 0.323 e. The minimum absolute atomic E-state index is 0.141. The van der Waals surface area contributed by atoms with E-state index in [4.69, 9.17) is 0 Å². The quantitative estimate of drug-likeness (QED) is 0.554. The van der Waals surface area contributed by atoms with Crippen molar-refractivity contribution in [2.75, 3.05) is 16.8 Å². The molecule has 7 heteroatoms. The van der Waals surface area contributed by atoms with E-state index in [1.165, 1.54) is 23.9 Å². The first kappa shape index (κ1) is 21.5. The minimum Gasteiger partial charge on any atom is -0.308 e. The van der Waals surface area contributed by atoms with E-state index in [9.17, 15) is 14.0 Å². The van der Waals surface area contributed by atoms with Gasteiger partial charge in [0.25, 0.3) is 5.91 Å². The number of nitrogens with zero attached hydrogens (tertiary/aromatic N) is 2. The number of halogens is 1. The van der Waals surface area contributed by atoms with Crippen LogP contribution in [0.3, 0.4) is 0 Å². The summed E-state index contributed by atoms with van der Waals surface area (Å²) in [7, 11) is 0. The number of amides is 3. The number of anilines is 2. The fourth-order valence-corrected chi connectivity index (χ4v) is 6.37. The van der Waals surface area contributed by atoms with Gasteiger partial charge in [-0.05, 0) is 43.7 Å². The zero-order valence-electron chi connectivity index (χ0n) is 18.4. The van der Waals surface area contributed by atoms with E-state index in [0.29, 0.717) is 18.8 Å². The zero-order valence-corrected chi connectivity index (χ0v) is 19.2. The molecular weight excluding hydrogens is 437 g/mol. The Bertz CT molecular complexity index is 1230. The number of rotatable bonds is 3. The molecule has 1 spiro atoms. The smallest absolute Gasteiger partial charge is 0.308 e. The molecule has 3 aromatic rings. The number of nitrogens with one attached hydrogen (secondary N) is 1. The van der Waals surface area contributed by atoms with Crippen LogP contribution in [0.5, 0.6) is 0 Å². The Kier molecular flexibility index (Phi) is 5.16. The Morgan fingerprint density at radius 2 is 1.76 bits per heavy atom. The third-order valence-corrected chi connectivity index (χ3v) is 7.53. The fraction of sp³-hybridized carbons (Fsp3) is 0.231. The number of benzene rings is 3. The summed E-state index contributed by atoms with van der Waals surface area (Å²) in [6.45, 7) is 4.85. The lowest BCUT2D eigenvalue weighted by Crippen LogP contribution is -2.51. The second-order valence-electron chi connectivity index (χ2n) is 8.93. The van der Waals surface area contributed by atoms with Gasteiger partial charge in [0, 0.05) is 22.5 Å². The van der Waals surface area contributed by atoms with Crippen molar-refractivity contribution < 1.29 is 14.0 Å². The van der Waals surface area contributed by atoms with E-state index in [2.05, 4.69) is 5.32 Å². The molecule has 0 aliphatic carbocycles. The predicted octanol–water partition coefficient (Wildman–Crippen LogP) is 5.58. The number of hydrogen-bond donors (Lipinski definition) is 1. The molecule has 3 aromatic carbocycles. The summed E-state index contributed by atoms with van der Waals surface area (Å²) in [4.78, 5) is 29.8. The number of hydrogen-bond acceptors (Lipinski definition) is 3. The van der Waals surface area contributed by atoms with Crippen LogP contribution in [0.2, 0.25) is 0 Å². The molecule has 1 saturated heterocycles. The van der Waals surface area contributed by atoms with E-state index in [0.717, 1.165) is 16.8 Å². The molecule has 33 heavy (non-hydrogen) atoms. The van der Waals surface area contributed by atoms with Crippen LogP contribution in [-0.4, -0.2) is 28.1 Å². The van der Waals surface area contributed by atoms with Crippen molar-refractivity contribution in [1.82, 2.24) is 4.90 Å². The third kappa shape index (κ3) is 3.66. The normalized spacial score (nSPS) is 20.9. The number of urea groups is 1. The molecule has 0 bridgehead atoms. The van der Waals surface area contributed by atoms with Gasteiger partial charge >= 0.3 is 6.03 Å². The van der Waals surface area contributed by atoms with Crippen LogP contribution >= 0.6 is 11.8 Å². The average Bonchev–Trinajstić information content (AvgIpc) is 3.21. The molecule has 0 radical (unpaired) electrons. The van der Waals surface area contributed by atoms with Gasteiger partial charge in [-0.2, -0.15) is 0 Å². The molecule has 168 valence electrons. The van der Waals surface area contributed by atoms with Crippen molar-refractivity contribution in [2.24, 2.45) is 0 Å². The molecular formula is C26H24FN3O2S. The maximum atomic E-state index is 14.1. The van der Waals surface area contributed by atoms with Crippen molar-refractivity contribution in [3.63, 3.8) is 0 Å². The Balaban J connectivity index is 1.56. The van der Waals surface area contributed by atoms with Gasteiger partial charge in [0.1, 0.15) is 5.82 Å². The Morgan fingerprint density at radius 1 is 1.03 bits per heavy atom. The van der Waals surface area contributed by atoms with Crippen molar-refractivity contribution >= 4 is 35.1 Å². The molecule has 0 unspecified atom stereocenters. The number of para-hydroxylation sites is 1. The van der Waals surface area contributed by atoms with Crippen LogP contribution in [0.4, 0.5) is 20.6 Å². The van der Waals surface area contributed by atoms with Gasteiger partial charge in [0.05, 0.1) is 12.2 Å². The predicted molar refractivity (Wildman–Crippen MR) is 130 cm³/mol. The second-order valence-corrected chi connectivity index (χ2v) is 10.8. The molecule has 0 saturated carbocycles. The average molecular weight is 462 g/mol. The SMILES string of the molecule is CC1(C)CN(C(=O)Nc2cccc(F)c2)[C@@]2(S1)C(=O)N(Cc1ccccc1)c1ccccc12. The molecule has 5 rings (SSSR count). The highest BCUT2D eigenvalue weighted by atomic mass is 32.2. The summed E-state index contributed by atoms with van der Waals surface area (Å²) in [5.74, 6) is -0.576. The number of carbonyl (C=O) groups is 2. The van der Waals surface area contributed by atoms with Crippen LogP contribution < -0.4 is 10.2 Å². The zero-order chi connectivity index (χ0) is 23.2. The van der Waals surface area contributed by atoms with Crippen LogP contribution in [0.25, 0.3) is 0 Å². The first-order valence-electron chi connectivity index (χ1n) is 10.8. The lowest BCUT2D eigenvalue weighted by atomic mass is 10.1. The molecule has 3 amide bonds. The van der Waals surface area contributed by atoms with Gasteiger partial charge < -0.3 is 10.2 Å². The van der Waals surface area contributed by atoms with Gasteiger partial charge in [0.2, 0.25) is 0 Å². The molecule has 2 aliphatic heterocycles. The lowest BCUT2D eigenvalue weighted by molar-refractivity contribution is -0.123. The Morgan fingerprint density at radius 3 is 2.52 bits per heavy atom. The van der Waals surface area contributed by atoms with Gasteiger partial charge in [-0.1, -0.05) is 54.6 Å². The maximum absolute atomic E-state index is 14.1. The highest BCUT2D eigenvalue weighted by molar-refractivity contribution is 8.02. The summed E-state index contributed by atoms with van der Waals surface area (Å²) >= 11 is 1.49. The Hall–Kier alpha value is -3.32. The first-order valence-corrected chi connectivity index (χ1v) is 11.6. The van der Waals surface area contributed by atoms with Gasteiger partial charge in [-0.3, -0.25) is 9.69 Å². The minimum atomic E-state index is -1.19. The highest BCUT2D eigenvalue weighted by Gasteiger charge is 2.63. The van der Waals surface area contributed by atoms with E-state index in [1.807, 2.05) is 68.4 Å². The standard InChI is InChI=1S/C26H24FN3O2S/c1-25(2)17-30(24(32)28-20-12-8-11-19(27)15-20)26(33-25)21-13-6-7-14-22(21)29(23(26)31)16-18-9-4-3-5-10-18/h3-15H,16-17H2,1-2H3,(H,28,32)/t26-/m0/s1. The van der Waals surface area contributed by atoms with Gasteiger partial charge in [-0.25, -0.2) is 9.18 Å². The summed E-state index contributed by atoms with van der Waals surface area (Å²) in [5, 5.41) is 2.79. The topological polar surface area (TPSA) is 52.7 Å². The fourth-order valence-electron chi connectivity index (χ4n) is 4.64. The second kappa shape index (κ2) is 7.92. The van der Waals surface area contributed by atoms with E-state index in [-0.39, 0.29) is 10.7 Å². The molecule has 2 heterocycles. The number of thioether (sulfide) groups is 1. The van der Waals surface area contributed by atoms with E-state index >= 15 is 0 Å². The summed E-state index contributed by atoms with van der Waals surface area (Å²) in [6.07, 6.45) is 0. The van der Waals surface area contributed by atoms with Crippen molar-refractivity contribution in [1.29, 1.82) is 0 Å². The van der Waals surface area contributed by atoms with Crippen LogP contribution in [-0.2, 0) is 16.2 Å². The molecule has 0 aromatic heterocycles. The molecule has 1 fully saturated rings. The Labute approximate surface area is 196 Å². The highest BCUT2D eigenvalue weighted by Crippen LogP contribution is 2.59. The van der Waals surface area contributed by atoms with Gasteiger partial charge in [-0.15, -0.1) is 11.8 Å². The number of carbonyl (C=O) groups excluding carboxylic acids is 2. The summed E-state index contributed by atoms with van der Waals surface area (Å²) in [6, 6.07) is 22.8. The number of fused-ring (bicyclic) bond motifs is 2. The summed E-state index contributed by atoms with van der Waals surface area (Å²) < 4.78 is 13.3. The third-order valence-electron chi connectivity index (χ3n) is 5.94. The first-order chi connectivity index (χ1) is 15.8. The van der Waals surface area contributed by atoms with E-state index in [1.54, 1.807) is 21.9 Å². The molecule has 1 atom stereocenters. The molecule has 2 aliphatic rings. The van der Waals surface area contributed by atoms with Crippen LogP contribution in [0, 0.1) is 5.82 Å². The van der Waals surface area contributed by atoms with Gasteiger partial charge in [0.15, 0.2) is 4.87 Å². The van der Waals surface area contributed by atoms with Crippen molar-refractivity contribution in [3.8, 4) is 0 Å². The van der Waals surface area contributed by atoms with Crippen molar-refractivity contribution in [2.45, 2.75) is 30.0 Å². The monoisotopic (exact) mass is 461 g/mol. The van der Waals surface area contributed by atoms with E-state index < -0.39 is 16.7 Å². The lowest BCUT2D eigenvalue weighted by Gasteiger charge is -2.33. The van der Waals surface area contributed by atoms with Crippen molar-refractivity contribution in [3.05, 3.63) is 95.8 Å². The van der Waals surface area contributed by atoms with Crippen LogP contribution in [0.15, 0.2) is 78.9 Å². The molecule has 5 nitrogen and oxygen atoms in total.